The first-order valence-corrected chi connectivity index (χ1v) is 3.96. The summed E-state index contributed by atoms with van der Waals surface area (Å²) in [7, 11) is 0. The number of hydrogen-bond donors (Lipinski definition) is 1. The molecule has 0 aliphatic rings. The van der Waals surface area contributed by atoms with Gasteiger partial charge in [-0.15, -0.1) is 6.58 Å². The summed E-state index contributed by atoms with van der Waals surface area (Å²) < 4.78 is 25.3. The number of rotatable bonds is 2. The summed E-state index contributed by atoms with van der Waals surface area (Å²) >= 11 is 5.64. The summed E-state index contributed by atoms with van der Waals surface area (Å²) in [6.07, 6.45) is 1.40. The summed E-state index contributed by atoms with van der Waals surface area (Å²) in [4.78, 5) is 0. The number of hydrogen-bond acceptors (Lipinski definition) is 1. The Morgan fingerprint density at radius 2 is 1.92 bits per heavy atom. The van der Waals surface area contributed by atoms with Crippen LogP contribution in [0.1, 0.15) is 11.6 Å². The summed E-state index contributed by atoms with van der Waals surface area (Å²) in [6, 6.07) is 1.29. The van der Waals surface area contributed by atoms with E-state index in [1.165, 1.54) is 6.08 Å². The number of halogens is 3. The second-order valence-corrected chi connectivity index (χ2v) is 2.96. The zero-order valence-corrected chi connectivity index (χ0v) is 7.48. The molecule has 0 aromatic heterocycles. The van der Waals surface area contributed by atoms with Crippen molar-refractivity contribution in [3.63, 3.8) is 0 Å². The second-order valence-electron chi connectivity index (χ2n) is 2.55. The van der Waals surface area contributed by atoms with E-state index in [4.69, 9.17) is 17.3 Å². The Kier molecular flexibility index (Phi) is 3.01. The van der Waals surface area contributed by atoms with Gasteiger partial charge in [0.15, 0.2) is 11.6 Å². The van der Waals surface area contributed by atoms with Gasteiger partial charge in [0.2, 0.25) is 0 Å². The quantitative estimate of drug-likeness (QED) is 0.581. The highest BCUT2D eigenvalue weighted by Crippen LogP contribution is 2.24. The van der Waals surface area contributed by atoms with Crippen LogP contribution in [0.15, 0.2) is 24.8 Å². The molecule has 4 heteroatoms. The zero-order valence-electron chi connectivity index (χ0n) is 6.73. The van der Waals surface area contributed by atoms with Crippen LogP contribution in [0.5, 0.6) is 0 Å². The van der Waals surface area contributed by atoms with Crippen molar-refractivity contribution in [2.75, 3.05) is 0 Å². The maximum Gasteiger partial charge on any atom is 0.160 e. The summed E-state index contributed by atoms with van der Waals surface area (Å²) in [5, 5.41) is 0.103. The van der Waals surface area contributed by atoms with E-state index in [9.17, 15) is 8.78 Å². The molecule has 0 bridgehead atoms. The van der Waals surface area contributed by atoms with Gasteiger partial charge in [0, 0.05) is 11.1 Å². The van der Waals surface area contributed by atoms with Crippen molar-refractivity contribution in [1.29, 1.82) is 0 Å². The Morgan fingerprint density at radius 3 is 2.46 bits per heavy atom. The van der Waals surface area contributed by atoms with Crippen LogP contribution < -0.4 is 5.73 Å². The van der Waals surface area contributed by atoms with Crippen LogP contribution in [-0.2, 0) is 0 Å². The molecule has 13 heavy (non-hydrogen) atoms. The van der Waals surface area contributed by atoms with E-state index in [2.05, 4.69) is 6.58 Å². The van der Waals surface area contributed by atoms with Gasteiger partial charge >= 0.3 is 0 Å². The van der Waals surface area contributed by atoms with E-state index in [0.717, 1.165) is 12.1 Å². The average molecular weight is 204 g/mol. The van der Waals surface area contributed by atoms with Gasteiger partial charge in [0.05, 0.1) is 0 Å². The van der Waals surface area contributed by atoms with Gasteiger partial charge in [-0.1, -0.05) is 17.7 Å². The van der Waals surface area contributed by atoms with Crippen LogP contribution in [-0.4, -0.2) is 0 Å². The molecule has 1 atom stereocenters. The lowest BCUT2D eigenvalue weighted by molar-refractivity contribution is 0.506. The summed E-state index contributed by atoms with van der Waals surface area (Å²) in [6.45, 7) is 3.43. The predicted octanol–water partition coefficient (Wildman–Crippen LogP) is 2.80. The largest absolute Gasteiger partial charge is 0.321 e. The molecular formula is C9H8ClF2N. The molecule has 0 fully saturated rings. The first-order chi connectivity index (χ1) is 6.06. The fourth-order valence-electron chi connectivity index (χ4n) is 0.920. The molecule has 2 N–H and O–H groups in total. The van der Waals surface area contributed by atoms with Gasteiger partial charge < -0.3 is 5.73 Å². The highest BCUT2D eigenvalue weighted by atomic mass is 35.5. The standard InChI is InChI=1S/C9H8ClF2N/c1-2-9(13)5-3-7(11)8(12)4-6(5)10/h2-4,9H,1,13H2/t9-/m1/s1. The van der Waals surface area contributed by atoms with Crippen molar-refractivity contribution in [3.8, 4) is 0 Å². The van der Waals surface area contributed by atoms with E-state index in [-0.39, 0.29) is 5.02 Å². The summed E-state index contributed by atoms with van der Waals surface area (Å²) in [5.41, 5.74) is 5.85. The average Bonchev–Trinajstić information content (AvgIpc) is 2.10. The van der Waals surface area contributed by atoms with Gasteiger partial charge in [-0.05, 0) is 17.7 Å². The lowest BCUT2D eigenvalue weighted by atomic mass is 10.1. The molecule has 0 heterocycles. The van der Waals surface area contributed by atoms with Crippen molar-refractivity contribution < 1.29 is 8.78 Å². The van der Waals surface area contributed by atoms with E-state index in [0.29, 0.717) is 5.56 Å². The van der Waals surface area contributed by atoms with Crippen LogP contribution in [0.4, 0.5) is 8.78 Å². The maximum atomic E-state index is 12.7. The van der Waals surface area contributed by atoms with Crippen molar-refractivity contribution >= 4 is 11.6 Å². The molecule has 1 aromatic rings. The first-order valence-electron chi connectivity index (χ1n) is 3.59. The maximum absolute atomic E-state index is 12.7. The van der Waals surface area contributed by atoms with Crippen LogP contribution in [0, 0.1) is 11.6 Å². The van der Waals surface area contributed by atoms with E-state index < -0.39 is 17.7 Å². The van der Waals surface area contributed by atoms with Crippen LogP contribution in [0.2, 0.25) is 5.02 Å². The Labute approximate surface area is 79.8 Å². The number of benzene rings is 1. The summed E-state index contributed by atoms with van der Waals surface area (Å²) in [5.74, 6) is -1.94. The lowest BCUT2D eigenvalue weighted by Gasteiger charge is -2.08. The van der Waals surface area contributed by atoms with Gasteiger partial charge in [-0.25, -0.2) is 8.78 Å². The van der Waals surface area contributed by atoms with E-state index >= 15 is 0 Å². The third kappa shape index (κ3) is 2.05. The minimum atomic E-state index is -0.981. The number of nitrogens with two attached hydrogens (primary N) is 1. The molecule has 0 amide bonds. The molecule has 1 rings (SSSR count). The minimum absolute atomic E-state index is 0.103. The molecule has 0 saturated carbocycles. The normalized spacial score (nSPS) is 12.6. The lowest BCUT2D eigenvalue weighted by Crippen LogP contribution is -2.08. The van der Waals surface area contributed by atoms with E-state index in [1.54, 1.807) is 0 Å². The molecule has 0 aliphatic carbocycles. The highest BCUT2D eigenvalue weighted by molar-refractivity contribution is 6.31. The SMILES string of the molecule is C=C[C@@H](N)c1cc(F)c(F)cc1Cl. The molecule has 70 valence electrons. The van der Waals surface area contributed by atoms with Crippen LogP contribution in [0.3, 0.4) is 0 Å². The monoisotopic (exact) mass is 203 g/mol. The second kappa shape index (κ2) is 3.85. The predicted molar refractivity (Wildman–Crippen MR) is 48.5 cm³/mol. The van der Waals surface area contributed by atoms with Crippen LogP contribution >= 0.6 is 11.6 Å². The highest BCUT2D eigenvalue weighted by Gasteiger charge is 2.11. The van der Waals surface area contributed by atoms with Crippen LogP contribution in [0.25, 0.3) is 0 Å². The van der Waals surface area contributed by atoms with Gasteiger partial charge in [0.1, 0.15) is 0 Å². The Morgan fingerprint density at radius 1 is 1.38 bits per heavy atom. The van der Waals surface area contributed by atoms with Crippen molar-refractivity contribution in [3.05, 3.63) is 47.0 Å². The molecule has 0 radical (unpaired) electrons. The third-order valence-corrected chi connectivity index (χ3v) is 1.98. The Balaban J connectivity index is 3.22. The molecule has 0 spiro atoms. The molecule has 0 unspecified atom stereocenters. The fraction of sp³-hybridized carbons (Fsp3) is 0.111. The Hall–Kier alpha value is -0.930. The van der Waals surface area contributed by atoms with Crippen molar-refractivity contribution in [1.82, 2.24) is 0 Å². The molecule has 0 saturated heterocycles. The van der Waals surface area contributed by atoms with Gasteiger partial charge in [-0.3, -0.25) is 0 Å². The van der Waals surface area contributed by atoms with Crippen molar-refractivity contribution in [2.24, 2.45) is 5.73 Å². The third-order valence-electron chi connectivity index (χ3n) is 1.65. The zero-order chi connectivity index (χ0) is 10.0. The van der Waals surface area contributed by atoms with Crippen molar-refractivity contribution in [2.45, 2.75) is 6.04 Å². The topological polar surface area (TPSA) is 26.0 Å². The first kappa shape index (κ1) is 10.2. The minimum Gasteiger partial charge on any atom is -0.321 e. The molecule has 0 aliphatic heterocycles. The van der Waals surface area contributed by atoms with Gasteiger partial charge in [0.25, 0.3) is 0 Å². The molecular weight excluding hydrogens is 196 g/mol. The Bertz CT molecular complexity index is 339. The van der Waals surface area contributed by atoms with Gasteiger partial charge in [-0.2, -0.15) is 0 Å². The van der Waals surface area contributed by atoms with E-state index in [1.807, 2.05) is 0 Å². The fourth-order valence-corrected chi connectivity index (χ4v) is 1.20. The molecule has 1 nitrogen and oxygen atoms in total. The molecule has 1 aromatic carbocycles. The smallest absolute Gasteiger partial charge is 0.160 e.